The van der Waals surface area contributed by atoms with E-state index in [9.17, 15) is 10.2 Å². The summed E-state index contributed by atoms with van der Waals surface area (Å²) in [4.78, 5) is 79.6. The highest BCUT2D eigenvalue weighted by Gasteiger charge is 2.76. The van der Waals surface area contributed by atoms with Crippen molar-refractivity contribution in [2.45, 2.75) is 49.0 Å². The number of rotatable bonds is 11. The number of urea groups is 1. The summed E-state index contributed by atoms with van der Waals surface area (Å²) in [7, 11) is 0. The second kappa shape index (κ2) is 20.2. The van der Waals surface area contributed by atoms with Crippen molar-refractivity contribution in [3.63, 3.8) is 0 Å². The Morgan fingerprint density at radius 3 is 2.15 bits per heavy atom. The number of carbonyl (C=O) groups excluding carboxylic acids is 4. The van der Waals surface area contributed by atoms with Crippen molar-refractivity contribution in [3.05, 3.63) is 185 Å². The topological polar surface area (TPSA) is 178 Å². The molecule has 0 aliphatic carbocycles. The molecule has 0 saturated carbocycles. The van der Waals surface area contributed by atoms with Crippen molar-refractivity contribution in [2.24, 2.45) is 5.92 Å². The van der Waals surface area contributed by atoms with Crippen LogP contribution in [0.15, 0.2) is 152 Å². The second-order valence-corrected chi connectivity index (χ2v) is 18.0. The van der Waals surface area contributed by atoms with Crippen molar-refractivity contribution in [2.75, 3.05) is 55.8 Å². The Hall–Kier alpha value is -7.90. The van der Waals surface area contributed by atoms with Gasteiger partial charge in [0.15, 0.2) is 0 Å². The number of hydrogen-bond acceptors (Lipinski definition) is 12. The van der Waals surface area contributed by atoms with Gasteiger partial charge in [-0.2, -0.15) is 0 Å². The van der Waals surface area contributed by atoms with E-state index in [4.69, 9.17) is 9.47 Å². The van der Waals surface area contributed by atoms with Gasteiger partial charge >= 0.3 is 12.0 Å². The smallest absolute Gasteiger partial charge is 0.329 e. The predicted molar refractivity (Wildman–Crippen MR) is 264 cm³/mol. The van der Waals surface area contributed by atoms with Gasteiger partial charge in [0.2, 0.25) is 17.8 Å². The van der Waals surface area contributed by atoms with Crippen LogP contribution in [0.25, 0.3) is 0 Å². The number of cyclic esters (lactones) is 1. The number of fused-ring (bicyclic) bond motifs is 3. The summed E-state index contributed by atoms with van der Waals surface area (Å²) in [5, 5.41) is 22.7. The molecule has 15 heteroatoms. The minimum absolute atomic E-state index is 0.0209. The number of aromatic nitrogens is 2. The number of hydrogen-bond donors (Lipinski definition) is 3. The zero-order valence-electron chi connectivity index (χ0n) is 39.1. The molecule has 0 radical (unpaired) electrons. The predicted octanol–water partition coefficient (Wildman–Crippen LogP) is 6.07. The van der Waals surface area contributed by atoms with E-state index in [2.05, 4.69) is 27.1 Å². The molecule has 15 nitrogen and oxygen atoms in total. The lowest BCUT2D eigenvalue weighted by atomic mass is 9.64. The van der Waals surface area contributed by atoms with Crippen LogP contribution in [0.5, 0.6) is 5.75 Å². The maximum atomic E-state index is 16.8. The Morgan fingerprint density at radius 1 is 0.789 bits per heavy atom. The molecule has 7 unspecified atom stereocenters. The molecule has 4 aliphatic heterocycles. The van der Waals surface area contributed by atoms with Gasteiger partial charge in [0, 0.05) is 50.6 Å². The van der Waals surface area contributed by atoms with Crippen molar-refractivity contribution in [1.82, 2.24) is 25.1 Å². The van der Waals surface area contributed by atoms with Crippen LogP contribution in [0.3, 0.4) is 0 Å². The number of benzene rings is 5. The Bertz CT molecular complexity index is 2970. The first-order chi connectivity index (χ1) is 34.7. The molecule has 3 saturated heterocycles. The zero-order chi connectivity index (χ0) is 49.1. The van der Waals surface area contributed by atoms with Gasteiger partial charge in [-0.05, 0) is 71.1 Å². The molecule has 0 bridgehead atoms. The number of anilines is 2. The summed E-state index contributed by atoms with van der Waals surface area (Å²) >= 11 is 0. The molecular weight excluding hydrogens is 899 g/mol. The molecule has 5 aromatic carbocycles. The molecule has 10 rings (SSSR count). The maximum absolute atomic E-state index is 16.8. The normalized spacial score (nSPS) is 23.0. The maximum Gasteiger partial charge on any atom is 0.329 e. The zero-order valence-corrected chi connectivity index (χ0v) is 39.1. The number of ether oxygens (including phenoxy) is 2. The number of aliphatic hydroxyl groups is 2. The van der Waals surface area contributed by atoms with Crippen LogP contribution in [-0.4, -0.2) is 106 Å². The fourth-order valence-electron chi connectivity index (χ4n) is 11.0. The summed E-state index contributed by atoms with van der Waals surface area (Å²) in [5.41, 5.74) is 1.79. The summed E-state index contributed by atoms with van der Waals surface area (Å²) in [5.74, 6) is 3.67. The molecule has 5 heterocycles. The van der Waals surface area contributed by atoms with Crippen molar-refractivity contribution in [1.29, 1.82) is 0 Å². The van der Waals surface area contributed by atoms with E-state index in [1.54, 1.807) is 59.8 Å². The number of piperazine rings is 1. The van der Waals surface area contributed by atoms with E-state index in [0.717, 1.165) is 16.0 Å². The van der Waals surface area contributed by atoms with E-state index in [1.807, 2.05) is 114 Å². The van der Waals surface area contributed by atoms with Gasteiger partial charge < -0.3 is 34.8 Å². The summed E-state index contributed by atoms with van der Waals surface area (Å²) in [6, 6.07) is 37.8. The first kappa shape index (κ1) is 46.8. The number of nitrogens with one attached hydrogen (secondary N) is 1. The number of morpholine rings is 1. The van der Waals surface area contributed by atoms with E-state index in [-0.39, 0.29) is 45.0 Å². The summed E-state index contributed by atoms with van der Waals surface area (Å²) < 4.78 is 12.7. The number of esters is 1. The van der Waals surface area contributed by atoms with Gasteiger partial charge in [0.05, 0.1) is 42.9 Å². The molecule has 3 fully saturated rings. The number of imide groups is 1. The molecule has 1 aromatic heterocycles. The van der Waals surface area contributed by atoms with Gasteiger partial charge in [-0.25, -0.2) is 19.7 Å². The van der Waals surface area contributed by atoms with Gasteiger partial charge in [-0.3, -0.25) is 19.3 Å². The first-order valence-electron chi connectivity index (χ1n) is 23.9. The molecule has 3 N–H and O–H groups in total. The van der Waals surface area contributed by atoms with Gasteiger partial charge in [-0.15, -0.1) is 0 Å². The Balaban J connectivity index is 1.24. The molecule has 6 aromatic rings. The van der Waals surface area contributed by atoms with E-state index in [0.29, 0.717) is 47.0 Å². The highest BCUT2D eigenvalue weighted by atomic mass is 16.6. The fourth-order valence-corrected chi connectivity index (χ4v) is 11.0. The van der Waals surface area contributed by atoms with Crippen LogP contribution < -0.4 is 19.9 Å². The largest absolute Gasteiger partial charge is 0.491 e. The van der Waals surface area contributed by atoms with Crippen LogP contribution in [0.1, 0.15) is 71.0 Å². The lowest BCUT2D eigenvalue weighted by Gasteiger charge is -2.46. The average Bonchev–Trinajstić information content (AvgIpc) is 3.87. The van der Waals surface area contributed by atoms with Crippen LogP contribution in [0.4, 0.5) is 16.4 Å². The summed E-state index contributed by atoms with van der Waals surface area (Å²) in [6.45, 7) is 2.53. The standard InChI is InChI=1S/C56H53N7O8/c1-37(39-16-5-2-6-17-39)59-55(69)62-45-25-24-38(15-11-12-32-64)35-44(45)56(53(62)68)46(51(66)60-28-30-61(31-29-60)54-57-26-14-27-58-54)48-52(67)71-49(41-20-9-4-10-21-41)47(40-18-7-3-8-19-40)63(48)50(56)42-22-13-23-43(36-42)70-34-33-65/h2-10,13-14,16-27,35-37,46-50,64-65H,12,28-34H2,1H3,(H,59,69). The minimum Gasteiger partial charge on any atom is -0.491 e. The van der Waals surface area contributed by atoms with E-state index in [1.165, 1.54) is 0 Å². The average molecular weight is 952 g/mol. The third-order valence-corrected chi connectivity index (χ3v) is 14.0. The van der Waals surface area contributed by atoms with E-state index < -0.39 is 65.4 Å². The summed E-state index contributed by atoms with van der Waals surface area (Å²) in [6.07, 6.45) is 2.58. The van der Waals surface area contributed by atoms with Crippen molar-refractivity contribution in [3.8, 4) is 17.6 Å². The number of carbonyl (C=O) groups is 4. The third kappa shape index (κ3) is 8.54. The van der Waals surface area contributed by atoms with Gasteiger partial charge in [0.1, 0.15) is 29.9 Å². The van der Waals surface area contributed by atoms with Crippen LogP contribution in [0, 0.1) is 17.8 Å². The van der Waals surface area contributed by atoms with Gasteiger partial charge in [-0.1, -0.05) is 115 Å². The monoisotopic (exact) mass is 951 g/mol. The molecule has 4 amide bonds. The first-order valence-corrected chi connectivity index (χ1v) is 23.9. The van der Waals surface area contributed by atoms with Gasteiger partial charge in [0.25, 0.3) is 0 Å². The third-order valence-electron chi connectivity index (χ3n) is 14.0. The lowest BCUT2D eigenvalue weighted by molar-refractivity contribution is -0.179. The fraction of sp³-hybridized carbons (Fsp3) is 0.286. The second-order valence-electron chi connectivity index (χ2n) is 18.0. The number of nitrogens with zero attached hydrogens (tertiary/aromatic N) is 6. The quantitative estimate of drug-likeness (QED) is 0.101. The highest BCUT2D eigenvalue weighted by Crippen LogP contribution is 2.66. The molecule has 1 spiro atoms. The molecule has 4 aliphatic rings. The number of aliphatic hydroxyl groups excluding tert-OH is 2. The van der Waals surface area contributed by atoms with Crippen LogP contribution in [0.2, 0.25) is 0 Å². The van der Waals surface area contributed by atoms with Crippen LogP contribution in [-0.2, 0) is 24.5 Å². The van der Waals surface area contributed by atoms with E-state index >= 15 is 19.2 Å². The lowest BCUT2D eigenvalue weighted by Crippen LogP contribution is -2.59. The SMILES string of the molecule is CC(NC(=O)N1C(=O)C2(c3cc(C#CCCO)ccc31)C(C(=O)N1CCN(c3ncccn3)CC1)C1C(=O)OC(c3ccccc3)C(c3ccccc3)N1C2c1cccc(OCCO)c1)c1ccccc1. The molecular formula is C56H53N7O8. The minimum atomic E-state index is -2.02. The Kier molecular flexibility index (Phi) is 13.3. The Morgan fingerprint density at radius 2 is 1.46 bits per heavy atom. The molecule has 360 valence electrons. The highest BCUT2D eigenvalue weighted by molar-refractivity contribution is 6.24. The van der Waals surface area contributed by atoms with Crippen LogP contribution >= 0.6 is 0 Å². The molecule has 71 heavy (non-hydrogen) atoms. The van der Waals surface area contributed by atoms with Crippen molar-refractivity contribution < 1.29 is 38.9 Å². The Labute approximate surface area is 411 Å². The molecule has 7 atom stereocenters. The van der Waals surface area contributed by atoms with Crippen molar-refractivity contribution >= 4 is 35.5 Å². The number of amides is 4.